The van der Waals surface area contributed by atoms with Crippen LogP contribution < -0.4 is 5.32 Å². The van der Waals surface area contributed by atoms with Gasteiger partial charge in [0.15, 0.2) is 0 Å². The number of amides is 1. The van der Waals surface area contributed by atoms with E-state index in [0.717, 1.165) is 4.31 Å². The van der Waals surface area contributed by atoms with Crippen LogP contribution >= 0.6 is 0 Å². The SMILES string of the molecule is COC(=O)c1cccc(NC(=O)[C@@H]2CCCN(S(=O)(=O)N(C)C)C2)c1C. The predicted molar refractivity (Wildman–Crippen MR) is 98.1 cm³/mol. The van der Waals surface area contributed by atoms with Gasteiger partial charge in [-0.1, -0.05) is 6.07 Å². The van der Waals surface area contributed by atoms with Crippen LogP contribution in [0.15, 0.2) is 18.2 Å². The summed E-state index contributed by atoms with van der Waals surface area (Å²) in [6.07, 6.45) is 1.23. The van der Waals surface area contributed by atoms with E-state index in [1.165, 1.54) is 25.5 Å². The van der Waals surface area contributed by atoms with Crippen LogP contribution in [0.3, 0.4) is 0 Å². The number of nitrogens with one attached hydrogen (secondary N) is 1. The highest BCUT2D eigenvalue weighted by Crippen LogP contribution is 2.24. The molecule has 8 nitrogen and oxygen atoms in total. The predicted octanol–water partition coefficient (Wildman–Crippen LogP) is 1.24. The fourth-order valence-electron chi connectivity index (χ4n) is 2.93. The van der Waals surface area contributed by atoms with E-state index in [1.807, 2.05) is 0 Å². The van der Waals surface area contributed by atoms with Gasteiger partial charge in [0, 0.05) is 32.9 Å². The van der Waals surface area contributed by atoms with Crippen LogP contribution in [0.2, 0.25) is 0 Å². The van der Waals surface area contributed by atoms with Gasteiger partial charge in [0.2, 0.25) is 5.91 Å². The Balaban J connectivity index is 2.14. The Hall–Kier alpha value is -1.97. The Labute approximate surface area is 154 Å². The molecule has 0 unspecified atom stereocenters. The molecule has 2 rings (SSSR count). The van der Waals surface area contributed by atoms with Gasteiger partial charge in [-0.25, -0.2) is 4.79 Å². The molecular weight excluding hydrogens is 358 g/mol. The highest BCUT2D eigenvalue weighted by atomic mass is 32.2. The van der Waals surface area contributed by atoms with Crippen molar-refractivity contribution in [3.8, 4) is 0 Å². The average Bonchev–Trinajstić information content (AvgIpc) is 2.62. The number of methoxy groups -OCH3 is 1. The summed E-state index contributed by atoms with van der Waals surface area (Å²) in [5, 5.41) is 2.82. The van der Waals surface area contributed by atoms with Gasteiger partial charge >= 0.3 is 5.97 Å². The maximum atomic E-state index is 12.7. The second-order valence-electron chi connectivity index (χ2n) is 6.45. The van der Waals surface area contributed by atoms with Gasteiger partial charge in [0.1, 0.15) is 0 Å². The van der Waals surface area contributed by atoms with Gasteiger partial charge in [0.05, 0.1) is 18.6 Å². The van der Waals surface area contributed by atoms with E-state index >= 15 is 0 Å². The van der Waals surface area contributed by atoms with Crippen molar-refractivity contribution in [3.05, 3.63) is 29.3 Å². The van der Waals surface area contributed by atoms with Gasteiger partial charge in [-0.15, -0.1) is 0 Å². The minimum atomic E-state index is -3.54. The summed E-state index contributed by atoms with van der Waals surface area (Å²) in [5.41, 5.74) is 1.51. The first kappa shape index (κ1) is 20.3. The van der Waals surface area contributed by atoms with Crippen molar-refractivity contribution in [1.82, 2.24) is 8.61 Å². The minimum Gasteiger partial charge on any atom is -0.465 e. The van der Waals surface area contributed by atoms with E-state index < -0.39 is 22.1 Å². The maximum Gasteiger partial charge on any atom is 0.338 e. The molecule has 0 bridgehead atoms. The Morgan fingerprint density at radius 1 is 1.31 bits per heavy atom. The molecular formula is C17H25N3O5S. The lowest BCUT2D eigenvalue weighted by molar-refractivity contribution is -0.120. The number of anilines is 1. The minimum absolute atomic E-state index is 0.141. The van der Waals surface area contributed by atoms with Crippen LogP contribution in [0.1, 0.15) is 28.8 Å². The molecule has 26 heavy (non-hydrogen) atoms. The molecule has 1 aliphatic rings. The number of piperidine rings is 1. The lowest BCUT2D eigenvalue weighted by atomic mass is 9.98. The van der Waals surface area contributed by atoms with Gasteiger partial charge in [-0.3, -0.25) is 4.79 Å². The average molecular weight is 383 g/mol. The first-order valence-electron chi connectivity index (χ1n) is 8.35. The van der Waals surface area contributed by atoms with Gasteiger partial charge in [-0.05, 0) is 37.5 Å². The molecule has 1 heterocycles. The van der Waals surface area contributed by atoms with Gasteiger partial charge in [-0.2, -0.15) is 17.0 Å². The zero-order valence-electron chi connectivity index (χ0n) is 15.5. The molecule has 1 aromatic rings. The van der Waals surface area contributed by atoms with E-state index in [2.05, 4.69) is 5.32 Å². The summed E-state index contributed by atoms with van der Waals surface area (Å²) in [6, 6.07) is 5.00. The van der Waals surface area contributed by atoms with Crippen molar-refractivity contribution in [1.29, 1.82) is 0 Å². The van der Waals surface area contributed by atoms with Crippen LogP contribution in [0.5, 0.6) is 0 Å². The number of carbonyl (C=O) groups is 2. The van der Waals surface area contributed by atoms with Crippen LogP contribution in [-0.4, -0.2) is 63.2 Å². The van der Waals surface area contributed by atoms with E-state index in [-0.39, 0.29) is 12.5 Å². The van der Waals surface area contributed by atoms with E-state index in [1.54, 1.807) is 25.1 Å². The van der Waals surface area contributed by atoms with E-state index in [9.17, 15) is 18.0 Å². The molecule has 0 saturated carbocycles. The molecule has 1 saturated heterocycles. The molecule has 0 aliphatic carbocycles. The Bertz CT molecular complexity index is 792. The third-order valence-corrected chi connectivity index (χ3v) is 6.45. The van der Waals surface area contributed by atoms with Gasteiger partial charge in [0.25, 0.3) is 10.2 Å². The zero-order chi connectivity index (χ0) is 19.5. The number of ether oxygens (including phenoxy) is 1. The molecule has 1 atom stereocenters. The second-order valence-corrected chi connectivity index (χ2v) is 8.59. The lowest BCUT2D eigenvalue weighted by Gasteiger charge is -2.32. The van der Waals surface area contributed by atoms with Crippen LogP contribution in [-0.2, 0) is 19.7 Å². The molecule has 0 aromatic heterocycles. The van der Waals surface area contributed by atoms with Gasteiger partial charge < -0.3 is 10.1 Å². The molecule has 0 spiro atoms. The molecule has 1 aliphatic heterocycles. The summed E-state index contributed by atoms with van der Waals surface area (Å²) in [5.74, 6) is -1.17. The Kier molecular flexibility index (Phi) is 6.38. The number of hydrogen-bond acceptors (Lipinski definition) is 5. The highest BCUT2D eigenvalue weighted by Gasteiger charge is 2.33. The summed E-state index contributed by atoms with van der Waals surface area (Å²) in [4.78, 5) is 24.4. The van der Waals surface area contributed by atoms with Crippen LogP contribution in [0, 0.1) is 12.8 Å². The summed E-state index contributed by atoms with van der Waals surface area (Å²) in [7, 11) is 0.703. The fourth-order valence-corrected chi connectivity index (χ4v) is 4.12. The number of hydrogen-bond donors (Lipinski definition) is 1. The summed E-state index contributed by atoms with van der Waals surface area (Å²) in [6.45, 7) is 2.27. The monoisotopic (exact) mass is 383 g/mol. The molecule has 1 fully saturated rings. The van der Waals surface area contributed by atoms with E-state index in [4.69, 9.17) is 4.74 Å². The lowest BCUT2D eigenvalue weighted by Crippen LogP contribution is -2.47. The molecule has 1 N–H and O–H groups in total. The van der Waals surface area contributed by atoms with Crippen molar-refractivity contribution < 1.29 is 22.7 Å². The third kappa shape index (κ3) is 4.22. The standard InChI is InChI=1S/C17H25N3O5S/c1-12-14(17(22)25-4)8-5-9-15(12)18-16(21)13-7-6-10-20(11-13)26(23,24)19(2)3/h5,8-9,13H,6-7,10-11H2,1-4H3,(H,18,21)/t13-/m1/s1. The number of carbonyl (C=O) groups excluding carboxylic acids is 2. The Morgan fingerprint density at radius 3 is 2.62 bits per heavy atom. The van der Waals surface area contributed by atoms with E-state index in [0.29, 0.717) is 36.2 Å². The number of esters is 1. The zero-order valence-corrected chi connectivity index (χ0v) is 16.3. The number of benzene rings is 1. The molecule has 0 radical (unpaired) electrons. The van der Waals surface area contributed by atoms with Crippen molar-refractivity contribution in [2.45, 2.75) is 19.8 Å². The smallest absolute Gasteiger partial charge is 0.338 e. The first-order chi connectivity index (χ1) is 12.2. The summed E-state index contributed by atoms with van der Waals surface area (Å²) >= 11 is 0. The first-order valence-corrected chi connectivity index (χ1v) is 9.74. The van der Waals surface area contributed by atoms with Crippen molar-refractivity contribution in [2.75, 3.05) is 39.6 Å². The van der Waals surface area contributed by atoms with Crippen LogP contribution in [0.25, 0.3) is 0 Å². The van der Waals surface area contributed by atoms with Crippen molar-refractivity contribution >= 4 is 27.8 Å². The molecule has 1 aromatic carbocycles. The quantitative estimate of drug-likeness (QED) is 0.772. The van der Waals surface area contributed by atoms with Crippen molar-refractivity contribution in [2.24, 2.45) is 5.92 Å². The molecule has 9 heteroatoms. The third-order valence-electron chi connectivity index (χ3n) is 4.54. The van der Waals surface area contributed by atoms with Crippen molar-refractivity contribution in [3.63, 3.8) is 0 Å². The highest BCUT2D eigenvalue weighted by molar-refractivity contribution is 7.86. The molecule has 144 valence electrons. The largest absolute Gasteiger partial charge is 0.465 e. The Morgan fingerprint density at radius 2 is 2.00 bits per heavy atom. The number of rotatable bonds is 5. The summed E-state index contributed by atoms with van der Waals surface area (Å²) < 4.78 is 31.8. The number of nitrogens with zero attached hydrogens (tertiary/aromatic N) is 2. The maximum absolute atomic E-state index is 12.7. The second kappa shape index (κ2) is 8.15. The normalized spacial score (nSPS) is 18.6. The topological polar surface area (TPSA) is 96.0 Å². The van der Waals surface area contributed by atoms with Crippen LogP contribution in [0.4, 0.5) is 5.69 Å². The molecule has 1 amide bonds. The fraction of sp³-hybridized carbons (Fsp3) is 0.529.